The van der Waals surface area contributed by atoms with Crippen molar-refractivity contribution in [2.24, 2.45) is 17.6 Å². The number of rotatable bonds is 5. The molecule has 0 unspecified atom stereocenters. The predicted octanol–water partition coefficient (Wildman–Crippen LogP) is 1.04. The maximum Gasteiger partial charge on any atom is 0.225 e. The summed E-state index contributed by atoms with van der Waals surface area (Å²) in [4.78, 5) is 25.6. The van der Waals surface area contributed by atoms with Crippen LogP contribution in [0.25, 0.3) is 0 Å². The standard InChI is InChI=1S/C18H25N3O3/c19-17(22)14-2-1-8-21(11-14)16-5-3-13(4-6-16)10-20-18(23)15-7-9-24-12-15/h3-6,14-15H,1-2,7-12H2,(H2,19,22)(H,20,23)/t14-,15-/m1/s1. The molecule has 2 amide bonds. The van der Waals surface area contributed by atoms with Crippen LogP contribution < -0.4 is 16.0 Å². The summed E-state index contributed by atoms with van der Waals surface area (Å²) in [5.41, 5.74) is 7.60. The third-order valence-corrected chi connectivity index (χ3v) is 4.89. The second-order valence-corrected chi connectivity index (χ2v) is 6.63. The minimum Gasteiger partial charge on any atom is -0.381 e. The first-order chi connectivity index (χ1) is 11.6. The first-order valence-electron chi connectivity index (χ1n) is 8.62. The molecular weight excluding hydrogens is 306 g/mol. The summed E-state index contributed by atoms with van der Waals surface area (Å²) in [6.07, 6.45) is 2.66. The minimum atomic E-state index is -0.213. The van der Waals surface area contributed by atoms with Crippen LogP contribution in [-0.4, -0.2) is 38.1 Å². The van der Waals surface area contributed by atoms with Crippen LogP contribution >= 0.6 is 0 Å². The van der Waals surface area contributed by atoms with Gasteiger partial charge in [0, 0.05) is 31.9 Å². The van der Waals surface area contributed by atoms with Gasteiger partial charge in [-0.3, -0.25) is 9.59 Å². The van der Waals surface area contributed by atoms with E-state index in [0.29, 0.717) is 26.3 Å². The Bertz CT molecular complexity index is 582. The van der Waals surface area contributed by atoms with Gasteiger partial charge in [-0.05, 0) is 37.0 Å². The number of ether oxygens (including phenoxy) is 1. The van der Waals surface area contributed by atoms with E-state index in [1.54, 1.807) is 0 Å². The highest BCUT2D eigenvalue weighted by Crippen LogP contribution is 2.23. The van der Waals surface area contributed by atoms with Crippen molar-refractivity contribution in [2.75, 3.05) is 31.2 Å². The minimum absolute atomic E-state index is 0.0108. The van der Waals surface area contributed by atoms with E-state index in [1.165, 1.54) is 0 Å². The Balaban J connectivity index is 1.53. The zero-order valence-electron chi connectivity index (χ0n) is 13.9. The van der Waals surface area contributed by atoms with Crippen molar-refractivity contribution in [1.82, 2.24) is 5.32 Å². The number of hydrogen-bond donors (Lipinski definition) is 2. The number of amides is 2. The average molecular weight is 331 g/mol. The number of nitrogens with zero attached hydrogens (tertiary/aromatic N) is 1. The molecule has 3 N–H and O–H groups in total. The van der Waals surface area contributed by atoms with Crippen LogP contribution in [0.2, 0.25) is 0 Å². The first kappa shape index (κ1) is 16.8. The number of carbonyl (C=O) groups is 2. The molecule has 24 heavy (non-hydrogen) atoms. The number of carbonyl (C=O) groups excluding carboxylic acids is 2. The van der Waals surface area contributed by atoms with E-state index in [1.807, 2.05) is 24.3 Å². The summed E-state index contributed by atoms with van der Waals surface area (Å²) in [5, 5.41) is 2.97. The van der Waals surface area contributed by atoms with E-state index in [4.69, 9.17) is 10.5 Å². The molecule has 2 heterocycles. The number of benzene rings is 1. The van der Waals surface area contributed by atoms with Crippen molar-refractivity contribution in [2.45, 2.75) is 25.8 Å². The average Bonchev–Trinajstić information content (AvgIpc) is 3.15. The molecule has 0 bridgehead atoms. The molecule has 0 saturated carbocycles. The third-order valence-electron chi connectivity index (χ3n) is 4.89. The smallest absolute Gasteiger partial charge is 0.225 e. The second-order valence-electron chi connectivity index (χ2n) is 6.63. The summed E-state index contributed by atoms with van der Waals surface area (Å²) < 4.78 is 5.24. The maximum atomic E-state index is 12.0. The molecule has 2 atom stereocenters. The van der Waals surface area contributed by atoms with Crippen LogP contribution in [-0.2, 0) is 20.9 Å². The lowest BCUT2D eigenvalue weighted by Crippen LogP contribution is -2.41. The summed E-state index contributed by atoms with van der Waals surface area (Å²) in [6.45, 7) is 3.36. The van der Waals surface area contributed by atoms with Crippen LogP contribution in [0.1, 0.15) is 24.8 Å². The Morgan fingerprint density at radius 1 is 1.21 bits per heavy atom. The molecule has 3 rings (SSSR count). The highest BCUT2D eigenvalue weighted by molar-refractivity contribution is 5.79. The third kappa shape index (κ3) is 4.06. The van der Waals surface area contributed by atoms with Crippen LogP contribution in [0.15, 0.2) is 24.3 Å². The van der Waals surface area contributed by atoms with Gasteiger partial charge in [0.1, 0.15) is 0 Å². The SMILES string of the molecule is NC(=O)[C@@H]1CCCN(c2ccc(CNC(=O)[C@@H]3CCOC3)cc2)C1. The van der Waals surface area contributed by atoms with Gasteiger partial charge in [-0.15, -0.1) is 0 Å². The summed E-state index contributed by atoms with van der Waals surface area (Å²) in [6, 6.07) is 8.14. The lowest BCUT2D eigenvalue weighted by Gasteiger charge is -2.33. The van der Waals surface area contributed by atoms with Gasteiger partial charge < -0.3 is 20.7 Å². The number of anilines is 1. The summed E-state index contributed by atoms with van der Waals surface area (Å²) in [7, 11) is 0. The molecule has 0 radical (unpaired) electrons. The Labute approximate surface area is 142 Å². The molecule has 6 heteroatoms. The Morgan fingerprint density at radius 3 is 2.67 bits per heavy atom. The fourth-order valence-electron chi connectivity index (χ4n) is 3.34. The van der Waals surface area contributed by atoms with Gasteiger partial charge in [-0.25, -0.2) is 0 Å². The number of nitrogens with one attached hydrogen (secondary N) is 1. The molecule has 0 aliphatic carbocycles. The van der Waals surface area contributed by atoms with Crippen LogP contribution in [0.3, 0.4) is 0 Å². The Hall–Kier alpha value is -2.08. The number of hydrogen-bond acceptors (Lipinski definition) is 4. The molecule has 2 aliphatic heterocycles. The fraction of sp³-hybridized carbons (Fsp3) is 0.556. The summed E-state index contributed by atoms with van der Waals surface area (Å²) >= 11 is 0. The van der Waals surface area contributed by atoms with Gasteiger partial charge in [0.05, 0.1) is 18.4 Å². The normalized spacial score (nSPS) is 23.9. The van der Waals surface area contributed by atoms with Crippen molar-refractivity contribution in [1.29, 1.82) is 0 Å². The molecule has 6 nitrogen and oxygen atoms in total. The Morgan fingerprint density at radius 2 is 2.00 bits per heavy atom. The maximum absolute atomic E-state index is 12.0. The molecule has 2 fully saturated rings. The fourth-order valence-corrected chi connectivity index (χ4v) is 3.34. The number of primary amides is 1. The Kier molecular flexibility index (Phi) is 5.35. The first-order valence-corrected chi connectivity index (χ1v) is 8.62. The van der Waals surface area contributed by atoms with E-state index < -0.39 is 0 Å². The molecule has 0 spiro atoms. The molecule has 0 aromatic heterocycles. The lowest BCUT2D eigenvalue weighted by atomic mass is 9.97. The van der Waals surface area contributed by atoms with E-state index in [2.05, 4.69) is 10.2 Å². The monoisotopic (exact) mass is 331 g/mol. The van der Waals surface area contributed by atoms with E-state index in [9.17, 15) is 9.59 Å². The molecule has 1 aromatic rings. The lowest BCUT2D eigenvalue weighted by molar-refractivity contribution is -0.125. The highest BCUT2D eigenvalue weighted by Gasteiger charge is 2.24. The van der Waals surface area contributed by atoms with Crippen LogP contribution in [0.5, 0.6) is 0 Å². The van der Waals surface area contributed by atoms with Crippen molar-refractivity contribution in [3.63, 3.8) is 0 Å². The van der Waals surface area contributed by atoms with Gasteiger partial charge in [0.15, 0.2) is 0 Å². The molecule has 2 saturated heterocycles. The quantitative estimate of drug-likeness (QED) is 0.844. The predicted molar refractivity (Wildman–Crippen MR) is 91.3 cm³/mol. The molecule has 2 aliphatic rings. The van der Waals surface area contributed by atoms with Crippen LogP contribution in [0.4, 0.5) is 5.69 Å². The van der Waals surface area contributed by atoms with Crippen molar-refractivity contribution < 1.29 is 14.3 Å². The van der Waals surface area contributed by atoms with Gasteiger partial charge in [-0.2, -0.15) is 0 Å². The van der Waals surface area contributed by atoms with Gasteiger partial charge >= 0.3 is 0 Å². The largest absolute Gasteiger partial charge is 0.381 e. The zero-order valence-corrected chi connectivity index (χ0v) is 13.9. The van der Waals surface area contributed by atoms with Crippen LogP contribution in [0, 0.1) is 11.8 Å². The highest BCUT2D eigenvalue weighted by atomic mass is 16.5. The van der Waals surface area contributed by atoms with Gasteiger partial charge in [-0.1, -0.05) is 12.1 Å². The molecule has 130 valence electrons. The van der Waals surface area contributed by atoms with Crippen molar-refractivity contribution >= 4 is 17.5 Å². The van der Waals surface area contributed by atoms with Gasteiger partial charge in [0.25, 0.3) is 0 Å². The number of nitrogens with two attached hydrogens (primary N) is 1. The van der Waals surface area contributed by atoms with Gasteiger partial charge in [0.2, 0.25) is 11.8 Å². The molecular formula is C18H25N3O3. The second kappa shape index (κ2) is 7.66. The number of piperidine rings is 1. The zero-order chi connectivity index (χ0) is 16.9. The van der Waals surface area contributed by atoms with Crippen molar-refractivity contribution in [3.8, 4) is 0 Å². The van der Waals surface area contributed by atoms with E-state index in [-0.39, 0.29) is 23.7 Å². The van der Waals surface area contributed by atoms with E-state index >= 15 is 0 Å². The topological polar surface area (TPSA) is 84.7 Å². The van der Waals surface area contributed by atoms with E-state index in [0.717, 1.165) is 37.1 Å². The summed E-state index contributed by atoms with van der Waals surface area (Å²) in [5.74, 6) is -0.221. The molecule has 1 aromatic carbocycles. The van der Waals surface area contributed by atoms with Crippen molar-refractivity contribution in [3.05, 3.63) is 29.8 Å².